The van der Waals surface area contributed by atoms with Crippen molar-refractivity contribution in [1.29, 1.82) is 5.26 Å². The molecule has 0 saturated heterocycles. The Balaban J connectivity index is 1.49. The molecule has 2 aliphatic carbocycles. The highest BCUT2D eigenvalue weighted by atomic mass is 19.1. The van der Waals surface area contributed by atoms with E-state index < -0.39 is 5.83 Å². The van der Waals surface area contributed by atoms with Crippen molar-refractivity contribution < 1.29 is 4.39 Å². The maximum atomic E-state index is 12.9. The summed E-state index contributed by atoms with van der Waals surface area (Å²) >= 11 is 0. The van der Waals surface area contributed by atoms with Crippen LogP contribution in [0, 0.1) is 35.0 Å². The predicted molar refractivity (Wildman–Crippen MR) is 118 cm³/mol. The molecule has 2 aliphatic rings. The first-order valence-electron chi connectivity index (χ1n) is 12.5. The molecule has 0 unspecified atom stereocenters. The van der Waals surface area contributed by atoms with Crippen LogP contribution >= 0.6 is 0 Å². The molecule has 0 aromatic rings. The Morgan fingerprint density at radius 1 is 0.750 bits per heavy atom. The number of rotatable bonds is 12. The van der Waals surface area contributed by atoms with Gasteiger partial charge in [-0.3, -0.25) is 0 Å². The second-order valence-electron chi connectivity index (χ2n) is 9.79. The van der Waals surface area contributed by atoms with Gasteiger partial charge in [0.15, 0.2) is 5.83 Å². The second-order valence-corrected chi connectivity index (χ2v) is 9.79. The molecule has 0 amide bonds. The molecular weight excluding hydrogens is 345 g/mol. The van der Waals surface area contributed by atoms with Gasteiger partial charge in [-0.1, -0.05) is 110 Å². The second kappa shape index (κ2) is 14.2. The maximum Gasteiger partial charge on any atom is 0.196 e. The van der Waals surface area contributed by atoms with E-state index in [1.54, 1.807) is 6.07 Å². The van der Waals surface area contributed by atoms with E-state index in [1.807, 2.05) is 0 Å². The number of allylic oxidation sites excluding steroid dienone is 2. The molecule has 0 aliphatic heterocycles. The van der Waals surface area contributed by atoms with Gasteiger partial charge in [-0.25, -0.2) is 0 Å². The highest BCUT2D eigenvalue weighted by Gasteiger charge is 2.24. The van der Waals surface area contributed by atoms with Gasteiger partial charge >= 0.3 is 0 Å². The van der Waals surface area contributed by atoms with Crippen molar-refractivity contribution in [3.05, 3.63) is 11.9 Å². The SMILES string of the molecule is CCCCCCCC1CCC(CCC2CCC(CC/C=C(\F)C#N)CC2)CC1. The summed E-state index contributed by atoms with van der Waals surface area (Å²) in [7, 11) is 0. The van der Waals surface area contributed by atoms with E-state index in [9.17, 15) is 4.39 Å². The first-order valence-corrected chi connectivity index (χ1v) is 12.5. The fourth-order valence-corrected chi connectivity index (χ4v) is 5.62. The van der Waals surface area contributed by atoms with Crippen LogP contribution in [0.1, 0.15) is 122 Å². The van der Waals surface area contributed by atoms with Gasteiger partial charge in [-0.05, 0) is 42.6 Å². The van der Waals surface area contributed by atoms with Gasteiger partial charge in [0.25, 0.3) is 0 Å². The van der Waals surface area contributed by atoms with Crippen molar-refractivity contribution in [1.82, 2.24) is 0 Å². The Hall–Kier alpha value is -0.840. The van der Waals surface area contributed by atoms with E-state index in [1.165, 1.54) is 109 Å². The Bertz CT molecular complexity index is 461. The molecule has 2 rings (SSSR count). The molecule has 2 fully saturated rings. The summed E-state index contributed by atoms with van der Waals surface area (Å²) in [6, 6.07) is 1.57. The number of unbranched alkanes of at least 4 members (excludes halogenated alkanes) is 4. The molecule has 160 valence electrons. The molecule has 1 nitrogen and oxygen atoms in total. The number of hydrogen-bond donors (Lipinski definition) is 0. The summed E-state index contributed by atoms with van der Waals surface area (Å²) in [5.41, 5.74) is 0. The molecule has 0 bridgehead atoms. The van der Waals surface area contributed by atoms with Crippen LogP contribution in [0.15, 0.2) is 11.9 Å². The third kappa shape index (κ3) is 9.58. The van der Waals surface area contributed by atoms with E-state index in [0.717, 1.165) is 36.5 Å². The Morgan fingerprint density at radius 3 is 1.71 bits per heavy atom. The highest BCUT2D eigenvalue weighted by molar-refractivity contribution is 5.11. The van der Waals surface area contributed by atoms with E-state index in [0.29, 0.717) is 0 Å². The predicted octanol–water partition coefficient (Wildman–Crippen LogP) is 8.90. The molecule has 0 heterocycles. The largest absolute Gasteiger partial charge is 0.196 e. The smallest absolute Gasteiger partial charge is 0.195 e. The van der Waals surface area contributed by atoms with Crippen LogP contribution in [-0.4, -0.2) is 0 Å². The van der Waals surface area contributed by atoms with Gasteiger partial charge in [0, 0.05) is 0 Å². The third-order valence-electron chi connectivity index (χ3n) is 7.64. The molecule has 2 heteroatoms. The van der Waals surface area contributed by atoms with Gasteiger partial charge in [-0.15, -0.1) is 0 Å². The first-order chi connectivity index (χ1) is 13.7. The van der Waals surface area contributed by atoms with Gasteiger partial charge < -0.3 is 0 Å². The number of hydrogen-bond acceptors (Lipinski definition) is 1. The lowest BCUT2D eigenvalue weighted by atomic mass is 9.74. The van der Waals surface area contributed by atoms with Crippen molar-refractivity contribution >= 4 is 0 Å². The number of nitriles is 1. The minimum Gasteiger partial charge on any atom is -0.195 e. The summed E-state index contributed by atoms with van der Waals surface area (Å²) in [5, 5.41) is 8.46. The van der Waals surface area contributed by atoms with Crippen molar-refractivity contribution in [2.45, 2.75) is 122 Å². The lowest BCUT2D eigenvalue weighted by molar-refractivity contribution is 0.208. The summed E-state index contributed by atoms with van der Waals surface area (Å²) in [5.74, 6) is 3.13. The molecule has 28 heavy (non-hydrogen) atoms. The van der Waals surface area contributed by atoms with E-state index >= 15 is 0 Å². The zero-order valence-corrected chi connectivity index (χ0v) is 18.4. The van der Waals surface area contributed by atoms with Gasteiger partial charge in [0.1, 0.15) is 6.07 Å². The van der Waals surface area contributed by atoms with Crippen molar-refractivity contribution in [3.63, 3.8) is 0 Å². The zero-order valence-electron chi connectivity index (χ0n) is 18.4. The molecule has 0 N–H and O–H groups in total. The quantitative estimate of drug-likeness (QED) is 0.241. The van der Waals surface area contributed by atoms with E-state index in [4.69, 9.17) is 5.26 Å². The lowest BCUT2D eigenvalue weighted by Crippen LogP contribution is -2.18. The van der Waals surface area contributed by atoms with Crippen LogP contribution in [-0.2, 0) is 0 Å². The van der Waals surface area contributed by atoms with Crippen LogP contribution in [0.25, 0.3) is 0 Å². The molecule has 0 radical (unpaired) electrons. The minimum atomic E-state index is -0.611. The molecule has 0 aromatic heterocycles. The van der Waals surface area contributed by atoms with Crippen LogP contribution < -0.4 is 0 Å². The van der Waals surface area contributed by atoms with Crippen LogP contribution in [0.2, 0.25) is 0 Å². The zero-order chi connectivity index (χ0) is 20.0. The lowest BCUT2D eigenvalue weighted by Gasteiger charge is -2.32. The average molecular weight is 390 g/mol. The number of halogens is 1. The fourth-order valence-electron chi connectivity index (χ4n) is 5.62. The summed E-state index contributed by atoms with van der Waals surface area (Å²) < 4.78 is 12.9. The first kappa shape index (κ1) is 23.4. The maximum absolute atomic E-state index is 12.9. The summed E-state index contributed by atoms with van der Waals surface area (Å²) in [4.78, 5) is 0. The summed E-state index contributed by atoms with van der Waals surface area (Å²) in [6.45, 7) is 2.30. The van der Waals surface area contributed by atoms with Gasteiger partial charge in [0.2, 0.25) is 0 Å². The normalized spacial score (nSPS) is 28.8. The van der Waals surface area contributed by atoms with Crippen molar-refractivity contribution in [2.75, 3.05) is 0 Å². The molecule has 0 spiro atoms. The Labute approximate surface area is 174 Å². The summed E-state index contributed by atoms with van der Waals surface area (Å²) in [6.07, 6.45) is 26.2. The molecular formula is C26H44FN. The molecule has 0 aromatic carbocycles. The Morgan fingerprint density at radius 2 is 1.21 bits per heavy atom. The van der Waals surface area contributed by atoms with Crippen molar-refractivity contribution in [2.24, 2.45) is 23.7 Å². The standard InChI is InChI=1S/C26H44FN/c1-2-3-4-5-6-8-22-11-15-24(16-12-22)19-20-25-17-13-23(14-18-25)9-7-10-26(27)21-28/h10,22-25H,2-9,11-20H2,1H3/b26-10-. The van der Waals surface area contributed by atoms with Gasteiger partial charge in [0.05, 0.1) is 0 Å². The Kier molecular flexibility index (Phi) is 11.9. The monoisotopic (exact) mass is 389 g/mol. The van der Waals surface area contributed by atoms with Crippen LogP contribution in [0.5, 0.6) is 0 Å². The number of nitrogens with zero attached hydrogens (tertiary/aromatic N) is 1. The van der Waals surface area contributed by atoms with E-state index in [-0.39, 0.29) is 0 Å². The minimum absolute atomic E-state index is 0.611. The van der Waals surface area contributed by atoms with Crippen LogP contribution in [0.3, 0.4) is 0 Å². The topological polar surface area (TPSA) is 23.8 Å². The molecule has 2 saturated carbocycles. The fraction of sp³-hybridized carbons (Fsp3) is 0.885. The molecule has 0 atom stereocenters. The van der Waals surface area contributed by atoms with E-state index in [2.05, 4.69) is 6.92 Å². The third-order valence-corrected chi connectivity index (χ3v) is 7.64. The highest BCUT2D eigenvalue weighted by Crippen LogP contribution is 2.38. The van der Waals surface area contributed by atoms with Crippen LogP contribution in [0.4, 0.5) is 4.39 Å². The average Bonchev–Trinajstić information content (AvgIpc) is 2.73. The van der Waals surface area contributed by atoms with Gasteiger partial charge in [-0.2, -0.15) is 9.65 Å². The van der Waals surface area contributed by atoms with Crippen molar-refractivity contribution in [3.8, 4) is 6.07 Å².